The van der Waals surface area contributed by atoms with Gasteiger partial charge in [0.2, 0.25) is 5.91 Å². The van der Waals surface area contributed by atoms with Crippen LogP contribution in [0.25, 0.3) is 0 Å². The van der Waals surface area contributed by atoms with Crippen molar-refractivity contribution in [3.63, 3.8) is 0 Å². The molecule has 7 heteroatoms. The maximum atomic E-state index is 13.7. The van der Waals surface area contributed by atoms with Gasteiger partial charge in [0, 0.05) is 12.6 Å². The van der Waals surface area contributed by atoms with Crippen LogP contribution in [0.2, 0.25) is 0 Å². The molecule has 0 spiro atoms. The van der Waals surface area contributed by atoms with Crippen LogP contribution in [0.15, 0.2) is 30.3 Å². The Kier molecular flexibility index (Phi) is 6.74. The maximum absolute atomic E-state index is 13.7. The summed E-state index contributed by atoms with van der Waals surface area (Å²) < 4.78 is 37.3. The van der Waals surface area contributed by atoms with Crippen LogP contribution in [0, 0.1) is 18.6 Å². The summed E-state index contributed by atoms with van der Waals surface area (Å²) in [6, 6.07) is 6.24. The number of hydrogen-bond acceptors (Lipinski definition) is 4. The maximum Gasteiger partial charge on any atom is 0.241 e. The van der Waals surface area contributed by atoms with Crippen LogP contribution in [-0.2, 0) is 11.3 Å². The van der Waals surface area contributed by atoms with Crippen LogP contribution in [0.1, 0.15) is 18.1 Å². The molecular formula is C20H24F2N2O3. The van der Waals surface area contributed by atoms with Crippen molar-refractivity contribution in [3.05, 3.63) is 53.1 Å². The molecule has 0 aliphatic carbocycles. The number of methoxy groups -OCH3 is 2. The minimum atomic E-state index is -0.811. The van der Waals surface area contributed by atoms with Gasteiger partial charge in [-0.25, -0.2) is 8.78 Å². The van der Waals surface area contributed by atoms with Gasteiger partial charge in [-0.05, 0) is 56.3 Å². The first kappa shape index (κ1) is 20.6. The molecule has 1 amide bonds. The third-order valence-corrected chi connectivity index (χ3v) is 4.49. The zero-order valence-electron chi connectivity index (χ0n) is 16.1. The predicted octanol–water partition coefficient (Wildman–Crippen LogP) is 3.75. The minimum absolute atomic E-state index is 0.0519. The molecule has 1 atom stereocenters. The first-order chi connectivity index (χ1) is 12.8. The lowest BCUT2D eigenvalue weighted by molar-refractivity contribution is -0.120. The standard InChI is InChI=1S/C20H24F2N2O3/c1-12-8-18(26-4)19(27-5)9-14(12)11-24(3)13(2)20(25)23-17-7-6-15(21)10-16(17)22/h6-10,13H,11H2,1-5H3,(H,23,25)/t13-/m1/s1. The molecule has 5 nitrogen and oxygen atoms in total. The molecule has 0 unspecified atom stereocenters. The molecule has 0 radical (unpaired) electrons. The Morgan fingerprint density at radius 3 is 2.37 bits per heavy atom. The van der Waals surface area contributed by atoms with Crippen molar-refractivity contribution in [3.8, 4) is 11.5 Å². The highest BCUT2D eigenvalue weighted by Crippen LogP contribution is 2.31. The van der Waals surface area contributed by atoms with E-state index in [0.717, 1.165) is 23.3 Å². The highest BCUT2D eigenvalue weighted by Gasteiger charge is 2.21. The second kappa shape index (κ2) is 8.81. The number of rotatable bonds is 7. The molecule has 2 aromatic carbocycles. The number of benzene rings is 2. The van der Waals surface area contributed by atoms with Crippen LogP contribution < -0.4 is 14.8 Å². The third-order valence-electron chi connectivity index (χ3n) is 4.49. The first-order valence-corrected chi connectivity index (χ1v) is 8.44. The number of anilines is 1. The van der Waals surface area contributed by atoms with Crippen molar-refractivity contribution in [1.82, 2.24) is 4.90 Å². The van der Waals surface area contributed by atoms with Gasteiger partial charge in [-0.2, -0.15) is 0 Å². The normalized spacial score (nSPS) is 12.0. The summed E-state index contributed by atoms with van der Waals surface area (Å²) in [4.78, 5) is 14.3. The Bertz CT molecular complexity index is 827. The lowest BCUT2D eigenvalue weighted by atomic mass is 10.1. The van der Waals surface area contributed by atoms with E-state index in [1.807, 2.05) is 24.0 Å². The molecule has 27 heavy (non-hydrogen) atoms. The summed E-state index contributed by atoms with van der Waals surface area (Å²) in [6.07, 6.45) is 0. The Labute approximate surface area is 157 Å². The number of nitrogens with one attached hydrogen (secondary N) is 1. The van der Waals surface area contributed by atoms with E-state index in [1.54, 1.807) is 28.2 Å². The zero-order valence-corrected chi connectivity index (χ0v) is 16.1. The fourth-order valence-corrected chi connectivity index (χ4v) is 2.63. The smallest absolute Gasteiger partial charge is 0.241 e. The van der Waals surface area contributed by atoms with Crippen LogP contribution in [0.5, 0.6) is 11.5 Å². The van der Waals surface area contributed by atoms with E-state index >= 15 is 0 Å². The van der Waals surface area contributed by atoms with E-state index in [1.165, 1.54) is 6.07 Å². The third kappa shape index (κ3) is 4.95. The highest BCUT2D eigenvalue weighted by molar-refractivity contribution is 5.94. The van der Waals surface area contributed by atoms with Crippen LogP contribution in [0.3, 0.4) is 0 Å². The van der Waals surface area contributed by atoms with Crippen molar-refractivity contribution in [2.45, 2.75) is 26.4 Å². The van der Waals surface area contributed by atoms with Gasteiger partial charge in [0.1, 0.15) is 11.6 Å². The molecule has 2 rings (SSSR count). The van der Waals surface area contributed by atoms with Gasteiger partial charge in [0.25, 0.3) is 0 Å². The molecule has 0 saturated heterocycles. The molecule has 0 aromatic heterocycles. The molecule has 0 fully saturated rings. The second-order valence-electron chi connectivity index (χ2n) is 6.34. The van der Waals surface area contributed by atoms with Crippen LogP contribution in [-0.4, -0.2) is 38.1 Å². The van der Waals surface area contributed by atoms with E-state index in [-0.39, 0.29) is 11.6 Å². The molecule has 2 aromatic rings. The Morgan fingerprint density at radius 2 is 1.78 bits per heavy atom. The van der Waals surface area contributed by atoms with E-state index in [2.05, 4.69) is 5.32 Å². The lowest BCUT2D eigenvalue weighted by Gasteiger charge is -2.25. The summed E-state index contributed by atoms with van der Waals surface area (Å²) in [5, 5.41) is 2.49. The molecular weight excluding hydrogens is 354 g/mol. The fraction of sp³-hybridized carbons (Fsp3) is 0.350. The van der Waals surface area contributed by atoms with Gasteiger partial charge in [0.15, 0.2) is 11.5 Å². The average molecular weight is 378 g/mol. The Hall–Kier alpha value is -2.67. The number of carbonyl (C=O) groups excluding carboxylic acids is 1. The van der Waals surface area contributed by atoms with Crippen molar-refractivity contribution < 1.29 is 23.0 Å². The Morgan fingerprint density at radius 1 is 1.15 bits per heavy atom. The first-order valence-electron chi connectivity index (χ1n) is 8.44. The number of aryl methyl sites for hydroxylation is 1. The van der Waals surface area contributed by atoms with E-state index in [9.17, 15) is 13.6 Å². The predicted molar refractivity (Wildman–Crippen MR) is 100 cm³/mol. The lowest BCUT2D eigenvalue weighted by Crippen LogP contribution is -2.39. The molecule has 146 valence electrons. The summed E-state index contributed by atoms with van der Waals surface area (Å²) in [7, 11) is 4.93. The van der Waals surface area contributed by atoms with Crippen molar-refractivity contribution in [2.75, 3.05) is 26.6 Å². The molecule has 0 bridgehead atoms. The second-order valence-corrected chi connectivity index (χ2v) is 6.34. The summed E-state index contributed by atoms with van der Waals surface area (Å²) in [6.45, 7) is 4.14. The topological polar surface area (TPSA) is 50.8 Å². The number of ether oxygens (including phenoxy) is 2. The Balaban J connectivity index is 2.10. The fourth-order valence-electron chi connectivity index (χ4n) is 2.63. The summed E-state index contributed by atoms with van der Waals surface area (Å²) in [5.74, 6) is -0.648. The molecule has 0 aliphatic heterocycles. The van der Waals surface area contributed by atoms with Gasteiger partial charge in [0.05, 0.1) is 25.9 Å². The number of amides is 1. The number of likely N-dealkylation sites (N-methyl/N-ethyl adjacent to an activating group) is 1. The average Bonchev–Trinajstić information content (AvgIpc) is 2.64. The van der Waals surface area contributed by atoms with Gasteiger partial charge in [-0.3, -0.25) is 9.69 Å². The SMILES string of the molecule is COc1cc(C)c(CN(C)[C@H](C)C(=O)Nc2ccc(F)cc2F)cc1OC. The van der Waals surface area contributed by atoms with E-state index in [0.29, 0.717) is 18.0 Å². The number of nitrogens with zero attached hydrogens (tertiary/aromatic N) is 1. The summed E-state index contributed by atoms with van der Waals surface area (Å²) in [5.41, 5.74) is 1.92. The monoisotopic (exact) mass is 378 g/mol. The number of halogens is 2. The molecule has 0 aliphatic rings. The van der Waals surface area contributed by atoms with Gasteiger partial charge in [-0.1, -0.05) is 0 Å². The van der Waals surface area contributed by atoms with Crippen molar-refractivity contribution in [1.29, 1.82) is 0 Å². The minimum Gasteiger partial charge on any atom is -0.493 e. The van der Waals surface area contributed by atoms with Gasteiger partial charge in [-0.15, -0.1) is 0 Å². The largest absolute Gasteiger partial charge is 0.493 e. The molecule has 0 heterocycles. The van der Waals surface area contributed by atoms with Crippen molar-refractivity contribution in [2.24, 2.45) is 0 Å². The number of carbonyl (C=O) groups is 1. The van der Waals surface area contributed by atoms with Gasteiger partial charge < -0.3 is 14.8 Å². The number of hydrogen-bond donors (Lipinski definition) is 1. The van der Waals surface area contributed by atoms with Gasteiger partial charge >= 0.3 is 0 Å². The highest BCUT2D eigenvalue weighted by atomic mass is 19.1. The summed E-state index contributed by atoms with van der Waals surface area (Å²) >= 11 is 0. The quantitative estimate of drug-likeness (QED) is 0.797. The van der Waals surface area contributed by atoms with E-state index < -0.39 is 17.7 Å². The molecule has 1 N–H and O–H groups in total. The van der Waals surface area contributed by atoms with Crippen LogP contribution >= 0.6 is 0 Å². The zero-order chi connectivity index (χ0) is 20.1. The van der Waals surface area contributed by atoms with E-state index in [4.69, 9.17) is 9.47 Å². The van der Waals surface area contributed by atoms with Crippen LogP contribution in [0.4, 0.5) is 14.5 Å². The molecule has 0 saturated carbocycles. The van der Waals surface area contributed by atoms with Crippen molar-refractivity contribution >= 4 is 11.6 Å².